The SMILES string of the molecule is CCC1CCCCC1Oc1ccc(C(C)NC)cc1. The van der Waals surface area contributed by atoms with Crippen LogP contribution in [0.2, 0.25) is 0 Å². The minimum absolute atomic E-state index is 0.395. The summed E-state index contributed by atoms with van der Waals surface area (Å²) in [4.78, 5) is 0. The lowest BCUT2D eigenvalue weighted by molar-refractivity contribution is 0.0904. The third-order valence-electron chi connectivity index (χ3n) is 4.46. The summed E-state index contributed by atoms with van der Waals surface area (Å²) in [5.41, 5.74) is 1.31. The molecular weight excluding hydrogens is 234 g/mol. The van der Waals surface area contributed by atoms with E-state index in [4.69, 9.17) is 4.74 Å². The van der Waals surface area contributed by atoms with Gasteiger partial charge in [0.2, 0.25) is 0 Å². The van der Waals surface area contributed by atoms with Crippen molar-refractivity contribution in [3.05, 3.63) is 29.8 Å². The van der Waals surface area contributed by atoms with E-state index in [2.05, 4.69) is 43.4 Å². The molecule has 0 spiro atoms. The van der Waals surface area contributed by atoms with Crippen LogP contribution in [0.15, 0.2) is 24.3 Å². The quantitative estimate of drug-likeness (QED) is 0.852. The predicted molar refractivity (Wildman–Crippen MR) is 80.6 cm³/mol. The van der Waals surface area contributed by atoms with Crippen LogP contribution in [0.25, 0.3) is 0 Å². The summed E-state index contributed by atoms with van der Waals surface area (Å²) in [5.74, 6) is 1.77. The average Bonchev–Trinajstić information content (AvgIpc) is 2.48. The van der Waals surface area contributed by atoms with Crippen LogP contribution in [0.5, 0.6) is 5.75 Å². The monoisotopic (exact) mass is 261 g/mol. The minimum Gasteiger partial charge on any atom is -0.490 e. The molecule has 1 fully saturated rings. The zero-order valence-electron chi connectivity index (χ0n) is 12.5. The number of hydrogen-bond donors (Lipinski definition) is 1. The Labute approximate surface area is 117 Å². The molecule has 1 aliphatic carbocycles. The normalized spacial score (nSPS) is 25.0. The van der Waals surface area contributed by atoms with E-state index in [0.717, 1.165) is 11.7 Å². The first-order valence-electron chi connectivity index (χ1n) is 7.68. The van der Waals surface area contributed by atoms with E-state index in [1.54, 1.807) is 0 Å². The van der Waals surface area contributed by atoms with Crippen LogP contribution < -0.4 is 10.1 Å². The van der Waals surface area contributed by atoms with Crippen molar-refractivity contribution < 1.29 is 4.74 Å². The molecule has 1 aromatic carbocycles. The van der Waals surface area contributed by atoms with Crippen molar-refractivity contribution in [1.29, 1.82) is 0 Å². The van der Waals surface area contributed by atoms with Crippen LogP contribution in [0.3, 0.4) is 0 Å². The first-order valence-corrected chi connectivity index (χ1v) is 7.68. The zero-order chi connectivity index (χ0) is 13.7. The molecule has 2 nitrogen and oxygen atoms in total. The number of nitrogens with one attached hydrogen (secondary N) is 1. The molecule has 106 valence electrons. The predicted octanol–water partition coefficient (Wildman–Crippen LogP) is 4.31. The fourth-order valence-electron chi connectivity index (χ4n) is 2.97. The maximum atomic E-state index is 6.21. The first-order chi connectivity index (χ1) is 9.24. The topological polar surface area (TPSA) is 21.3 Å². The van der Waals surface area contributed by atoms with E-state index >= 15 is 0 Å². The van der Waals surface area contributed by atoms with Gasteiger partial charge in [-0.2, -0.15) is 0 Å². The van der Waals surface area contributed by atoms with Crippen LogP contribution in [-0.4, -0.2) is 13.2 Å². The molecule has 0 aliphatic heterocycles. The number of hydrogen-bond acceptors (Lipinski definition) is 2. The Balaban J connectivity index is 1.98. The van der Waals surface area contributed by atoms with E-state index < -0.39 is 0 Å². The molecule has 1 aliphatic rings. The number of rotatable bonds is 5. The van der Waals surface area contributed by atoms with Gasteiger partial charge in [0.05, 0.1) is 0 Å². The highest BCUT2D eigenvalue weighted by Crippen LogP contribution is 2.30. The molecule has 0 radical (unpaired) electrons. The highest BCUT2D eigenvalue weighted by Gasteiger charge is 2.25. The minimum atomic E-state index is 0.395. The molecular formula is C17H27NO. The Kier molecular flexibility index (Phi) is 5.26. The summed E-state index contributed by atoms with van der Waals surface area (Å²) in [6.45, 7) is 4.45. The molecule has 0 bridgehead atoms. The standard InChI is InChI=1S/C17H27NO/c1-4-14-7-5-6-8-17(14)19-16-11-9-15(10-12-16)13(2)18-3/h9-14,17-18H,4-8H2,1-3H3. The first kappa shape index (κ1) is 14.4. The molecule has 1 N–H and O–H groups in total. The maximum absolute atomic E-state index is 6.21. The summed E-state index contributed by atoms with van der Waals surface area (Å²) in [5, 5.41) is 3.26. The molecule has 0 saturated heterocycles. The van der Waals surface area contributed by atoms with Crippen molar-refractivity contribution in [2.75, 3.05) is 7.05 Å². The molecule has 2 rings (SSSR count). The molecule has 3 atom stereocenters. The second-order valence-corrected chi connectivity index (χ2v) is 5.69. The van der Waals surface area contributed by atoms with Crippen molar-refractivity contribution in [2.24, 2.45) is 5.92 Å². The van der Waals surface area contributed by atoms with E-state index in [0.29, 0.717) is 12.1 Å². The maximum Gasteiger partial charge on any atom is 0.119 e. The van der Waals surface area contributed by atoms with E-state index in [1.807, 2.05) is 7.05 Å². The second kappa shape index (κ2) is 6.95. The third-order valence-corrected chi connectivity index (χ3v) is 4.46. The largest absolute Gasteiger partial charge is 0.490 e. The third kappa shape index (κ3) is 3.73. The fourth-order valence-corrected chi connectivity index (χ4v) is 2.97. The summed E-state index contributed by atoms with van der Waals surface area (Å²) < 4.78 is 6.21. The van der Waals surface area contributed by atoms with Gasteiger partial charge in [0, 0.05) is 6.04 Å². The summed E-state index contributed by atoms with van der Waals surface area (Å²) in [7, 11) is 1.99. The second-order valence-electron chi connectivity index (χ2n) is 5.69. The molecule has 3 unspecified atom stereocenters. The van der Waals surface area contributed by atoms with Gasteiger partial charge < -0.3 is 10.1 Å². The lowest BCUT2D eigenvalue weighted by atomic mass is 9.85. The number of ether oxygens (including phenoxy) is 1. The summed E-state index contributed by atoms with van der Waals surface area (Å²) in [6.07, 6.45) is 6.89. The van der Waals surface area contributed by atoms with Gasteiger partial charge in [-0.1, -0.05) is 25.5 Å². The van der Waals surface area contributed by atoms with Gasteiger partial charge in [0.15, 0.2) is 0 Å². The van der Waals surface area contributed by atoms with Gasteiger partial charge >= 0.3 is 0 Å². The summed E-state index contributed by atoms with van der Waals surface area (Å²) >= 11 is 0. The number of benzene rings is 1. The van der Waals surface area contributed by atoms with Crippen molar-refractivity contribution >= 4 is 0 Å². The van der Waals surface area contributed by atoms with Crippen molar-refractivity contribution in [3.63, 3.8) is 0 Å². The molecule has 1 saturated carbocycles. The van der Waals surface area contributed by atoms with Gasteiger partial charge in [-0.25, -0.2) is 0 Å². The molecule has 0 heterocycles. The smallest absolute Gasteiger partial charge is 0.119 e. The zero-order valence-corrected chi connectivity index (χ0v) is 12.5. The molecule has 2 heteroatoms. The average molecular weight is 261 g/mol. The molecule has 0 amide bonds. The Morgan fingerprint density at radius 1 is 1.21 bits per heavy atom. The highest BCUT2D eigenvalue weighted by atomic mass is 16.5. The molecule has 0 aromatic heterocycles. The van der Waals surface area contributed by atoms with Gasteiger partial charge in [-0.05, 0) is 63.3 Å². The molecule has 1 aromatic rings. The Hall–Kier alpha value is -1.02. The van der Waals surface area contributed by atoms with Crippen LogP contribution >= 0.6 is 0 Å². The van der Waals surface area contributed by atoms with E-state index in [-0.39, 0.29) is 0 Å². The van der Waals surface area contributed by atoms with Crippen LogP contribution in [0.1, 0.15) is 57.6 Å². The van der Waals surface area contributed by atoms with E-state index in [1.165, 1.54) is 37.7 Å². The van der Waals surface area contributed by atoms with Crippen molar-refractivity contribution in [2.45, 2.75) is 58.1 Å². The van der Waals surface area contributed by atoms with Gasteiger partial charge in [0.25, 0.3) is 0 Å². The fraction of sp³-hybridized carbons (Fsp3) is 0.647. The van der Waals surface area contributed by atoms with E-state index in [9.17, 15) is 0 Å². The Bertz CT molecular complexity index is 373. The lowest BCUT2D eigenvalue weighted by Gasteiger charge is -2.31. The summed E-state index contributed by atoms with van der Waals surface area (Å²) in [6, 6.07) is 8.96. The Morgan fingerprint density at radius 3 is 2.53 bits per heavy atom. The van der Waals surface area contributed by atoms with Crippen LogP contribution in [-0.2, 0) is 0 Å². The van der Waals surface area contributed by atoms with Crippen molar-refractivity contribution in [3.8, 4) is 5.75 Å². The molecule has 19 heavy (non-hydrogen) atoms. The van der Waals surface area contributed by atoms with Crippen LogP contribution in [0, 0.1) is 5.92 Å². The lowest BCUT2D eigenvalue weighted by Crippen LogP contribution is -2.29. The van der Waals surface area contributed by atoms with Crippen molar-refractivity contribution in [1.82, 2.24) is 5.32 Å². The van der Waals surface area contributed by atoms with Gasteiger partial charge in [-0.15, -0.1) is 0 Å². The highest BCUT2D eigenvalue weighted by molar-refractivity contribution is 5.29. The van der Waals surface area contributed by atoms with Gasteiger partial charge in [0.1, 0.15) is 11.9 Å². The Morgan fingerprint density at radius 2 is 1.89 bits per heavy atom. The van der Waals surface area contributed by atoms with Crippen LogP contribution in [0.4, 0.5) is 0 Å². The van der Waals surface area contributed by atoms with Gasteiger partial charge in [-0.3, -0.25) is 0 Å².